The molecular weight excluding hydrogens is 250 g/mol. The van der Waals surface area contributed by atoms with Gasteiger partial charge in [0.25, 0.3) is 0 Å². The van der Waals surface area contributed by atoms with E-state index in [1.807, 2.05) is 0 Å². The lowest BCUT2D eigenvalue weighted by molar-refractivity contribution is -0.128. The lowest BCUT2D eigenvalue weighted by atomic mass is 9.80. The maximum absolute atomic E-state index is 12.1. The first-order valence-corrected chi connectivity index (χ1v) is 8.29. The van der Waals surface area contributed by atoms with Gasteiger partial charge in [0, 0.05) is 32.7 Å². The second-order valence-corrected chi connectivity index (χ2v) is 6.89. The van der Waals surface area contributed by atoms with Crippen LogP contribution in [-0.4, -0.2) is 49.6 Å². The minimum atomic E-state index is 0.0246. The molecule has 3 unspecified atom stereocenters. The Morgan fingerprint density at radius 3 is 2.90 bits per heavy atom. The zero-order valence-electron chi connectivity index (χ0n) is 13.3. The third kappa shape index (κ3) is 3.95. The number of rotatable bonds is 4. The first kappa shape index (κ1) is 15.8. The molecule has 4 nitrogen and oxygen atoms in total. The van der Waals surface area contributed by atoms with Crippen LogP contribution in [0.5, 0.6) is 0 Å². The molecule has 0 bridgehead atoms. The third-order valence-corrected chi connectivity index (χ3v) is 4.86. The molecule has 116 valence electrons. The molecule has 1 saturated carbocycles. The first-order valence-electron chi connectivity index (χ1n) is 8.29. The Balaban J connectivity index is 1.98. The summed E-state index contributed by atoms with van der Waals surface area (Å²) in [5, 5.41) is 6.19. The van der Waals surface area contributed by atoms with E-state index in [9.17, 15) is 4.79 Å². The van der Waals surface area contributed by atoms with Gasteiger partial charge in [-0.2, -0.15) is 0 Å². The maximum Gasteiger partial charge on any atom is 0.238 e. The third-order valence-electron chi connectivity index (χ3n) is 4.86. The van der Waals surface area contributed by atoms with Crippen molar-refractivity contribution in [1.29, 1.82) is 0 Å². The molecule has 0 aromatic carbocycles. The number of nitrogens with zero attached hydrogens (tertiary/aromatic N) is 1. The summed E-state index contributed by atoms with van der Waals surface area (Å²) in [4.78, 5) is 14.6. The molecule has 0 aromatic heterocycles. The fourth-order valence-corrected chi connectivity index (χ4v) is 4.01. The summed E-state index contributed by atoms with van der Waals surface area (Å²) in [5.41, 5.74) is 0. The van der Waals surface area contributed by atoms with Gasteiger partial charge in [-0.05, 0) is 31.1 Å². The Morgan fingerprint density at radius 1 is 1.40 bits per heavy atom. The van der Waals surface area contributed by atoms with Gasteiger partial charge in [0.15, 0.2) is 0 Å². The Labute approximate surface area is 123 Å². The van der Waals surface area contributed by atoms with Crippen molar-refractivity contribution in [2.75, 3.05) is 26.7 Å². The van der Waals surface area contributed by atoms with Crippen molar-refractivity contribution in [1.82, 2.24) is 15.5 Å². The van der Waals surface area contributed by atoms with Crippen molar-refractivity contribution in [3.05, 3.63) is 0 Å². The SMILES string of the molecule is CNC(=O)C1CNCCN1C1CCCC(CC(C)C)C1. The van der Waals surface area contributed by atoms with Crippen molar-refractivity contribution in [3.63, 3.8) is 0 Å². The summed E-state index contributed by atoms with van der Waals surface area (Å²) in [6, 6.07) is 0.633. The largest absolute Gasteiger partial charge is 0.358 e. The number of piperazine rings is 1. The number of amides is 1. The van der Waals surface area contributed by atoms with Crippen molar-refractivity contribution in [2.24, 2.45) is 11.8 Å². The van der Waals surface area contributed by atoms with Gasteiger partial charge in [0.05, 0.1) is 0 Å². The van der Waals surface area contributed by atoms with Crippen LogP contribution in [0.1, 0.15) is 46.0 Å². The van der Waals surface area contributed by atoms with E-state index in [4.69, 9.17) is 0 Å². The van der Waals surface area contributed by atoms with E-state index < -0.39 is 0 Å². The molecule has 3 atom stereocenters. The minimum absolute atomic E-state index is 0.0246. The van der Waals surface area contributed by atoms with Gasteiger partial charge in [0.1, 0.15) is 6.04 Å². The van der Waals surface area contributed by atoms with Gasteiger partial charge in [-0.25, -0.2) is 0 Å². The topological polar surface area (TPSA) is 44.4 Å². The molecule has 1 amide bonds. The number of hydrogen-bond donors (Lipinski definition) is 2. The Morgan fingerprint density at radius 2 is 2.20 bits per heavy atom. The summed E-state index contributed by atoms with van der Waals surface area (Å²) < 4.78 is 0. The number of hydrogen-bond acceptors (Lipinski definition) is 3. The van der Waals surface area contributed by atoms with Crippen LogP contribution in [0.4, 0.5) is 0 Å². The molecule has 1 aliphatic heterocycles. The molecule has 2 rings (SSSR count). The number of carbonyl (C=O) groups excluding carboxylic acids is 1. The van der Waals surface area contributed by atoms with E-state index in [-0.39, 0.29) is 11.9 Å². The van der Waals surface area contributed by atoms with E-state index in [0.29, 0.717) is 6.04 Å². The predicted octanol–water partition coefficient (Wildman–Crippen LogP) is 1.61. The molecule has 2 fully saturated rings. The van der Waals surface area contributed by atoms with E-state index >= 15 is 0 Å². The average molecular weight is 281 g/mol. The zero-order chi connectivity index (χ0) is 14.5. The van der Waals surface area contributed by atoms with Gasteiger partial charge >= 0.3 is 0 Å². The van der Waals surface area contributed by atoms with Crippen molar-refractivity contribution < 1.29 is 4.79 Å². The molecule has 0 radical (unpaired) electrons. The van der Waals surface area contributed by atoms with E-state index in [1.54, 1.807) is 7.05 Å². The van der Waals surface area contributed by atoms with Gasteiger partial charge in [-0.1, -0.05) is 26.7 Å². The molecule has 2 N–H and O–H groups in total. The molecule has 20 heavy (non-hydrogen) atoms. The van der Waals surface area contributed by atoms with Gasteiger partial charge < -0.3 is 10.6 Å². The Kier molecular flexibility index (Phi) is 5.85. The molecule has 1 heterocycles. The lowest BCUT2D eigenvalue weighted by Gasteiger charge is -2.44. The molecule has 1 saturated heterocycles. The second-order valence-electron chi connectivity index (χ2n) is 6.89. The van der Waals surface area contributed by atoms with Gasteiger partial charge in [-0.15, -0.1) is 0 Å². The van der Waals surface area contributed by atoms with Gasteiger partial charge in [0.2, 0.25) is 5.91 Å². The van der Waals surface area contributed by atoms with E-state index in [0.717, 1.165) is 31.5 Å². The molecule has 4 heteroatoms. The maximum atomic E-state index is 12.1. The summed E-state index contributed by atoms with van der Waals surface area (Å²) >= 11 is 0. The number of likely N-dealkylation sites (N-methyl/N-ethyl adjacent to an activating group) is 1. The fourth-order valence-electron chi connectivity index (χ4n) is 4.01. The minimum Gasteiger partial charge on any atom is -0.358 e. The smallest absolute Gasteiger partial charge is 0.238 e. The van der Waals surface area contributed by atoms with Crippen LogP contribution in [0, 0.1) is 11.8 Å². The Hall–Kier alpha value is -0.610. The van der Waals surface area contributed by atoms with Crippen LogP contribution in [-0.2, 0) is 4.79 Å². The molecular formula is C16H31N3O. The molecule has 1 aliphatic carbocycles. The summed E-state index contributed by atoms with van der Waals surface area (Å²) in [5.74, 6) is 1.81. The zero-order valence-corrected chi connectivity index (χ0v) is 13.3. The number of carbonyl (C=O) groups is 1. The monoisotopic (exact) mass is 281 g/mol. The van der Waals surface area contributed by atoms with Crippen molar-refractivity contribution >= 4 is 5.91 Å². The fraction of sp³-hybridized carbons (Fsp3) is 0.938. The van der Waals surface area contributed by atoms with Crippen LogP contribution in [0.3, 0.4) is 0 Å². The molecule has 2 aliphatic rings. The molecule has 0 aromatic rings. The second kappa shape index (κ2) is 7.41. The van der Waals surface area contributed by atoms with E-state index in [1.165, 1.54) is 32.1 Å². The van der Waals surface area contributed by atoms with Crippen LogP contribution >= 0.6 is 0 Å². The average Bonchev–Trinajstić information content (AvgIpc) is 2.46. The standard InChI is InChI=1S/C16H31N3O/c1-12(2)9-13-5-4-6-14(10-13)19-8-7-18-11-15(19)16(20)17-3/h12-15,18H,4-11H2,1-3H3,(H,17,20). The summed E-state index contributed by atoms with van der Waals surface area (Å²) in [7, 11) is 1.75. The lowest BCUT2D eigenvalue weighted by Crippen LogP contribution is -2.61. The van der Waals surface area contributed by atoms with Crippen LogP contribution < -0.4 is 10.6 Å². The summed E-state index contributed by atoms with van der Waals surface area (Å²) in [6.45, 7) is 7.46. The highest BCUT2D eigenvalue weighted by atomic mass is 16.2. The van der Waals surface area contributed by atoms with Crippen LogP contribution in [0.25, 0.3) is 0 Å². The van der Waals surface area contributed by atoms with Crippen LogP contribution in [0.2, 0.25) is 0 Å². The van der Waals surface area contributed by atoms with Crippen LogP contribution in [0.15, 0.2) is 0 Å². The normalized spacial score (nSPS) is 32.3. The van der Waals surface area contributed by atoms with E-state index in [2.05, 4.69) is 29.4 Å². The highest BCUT2D eigenvalue weighted by Crippen LogP contribution is 2.33. The quantitative estimate of drug-likeness (QED) is 0.823. The number of nitrogens with one attached hydrogen (secondary N) is 2. The van der Waals surface area contributed by atoms with Gasteiger partial charge in [-0.3, -0.25) is 9.69 Å². The summed E-state index contributed by atoms with van der Waals surface area (Å²) in [6.07, 6.45) is 6.60. The Bertz CT molecular complexity index is 319. The predicted molar refractivity (Wildman–Crippen MR) is 82.6 cm³/mol. The van der Waals surface area contributed by atoms with Crippen molar-refractivity contribution in [3.8, 4) is 0 Å². The highest BCUT2D eigenvalue weighted by molar-refractivity contribution is 5.81. The molecule has 0 spiro atoms. The highest BCUT2D eigenvalue weighted by Gasteiger charge is 2.35. The van der Waals surface area contributed by atoms with Crippen molar-refractivity contribution in [2.45, 2.75) is 58.0 Å². The first-order chi connectivity index (χ1) is 9.61.